The summed E-state index contributed by atoms with van der Waals surface area (Å²) in [4.78, 5) is 15.5. The number of nitrogens with one attached hydrogen (secondary N) is 1. The zero-order chi connectivity index (χ0) is 9.68. The molecule has 3 nitrogen and oxygen atoms in total. The minimum Gasteiger partial charge on any atom is -0.305 e. The Hall–Kier alpha value is -0.510. The average molecular weight is 200 g/mol. The molecule has 4 heteroatoms. The lowest BCUT2D eigenvalue weighted by Gasteiger charge is -2.07. The van der Waals surface area contributed by atoms with E-state index in [9.17, 15) is 4.79 Å². The Bertz CT molecular complexity index is 216. The average Bonchev–Trinajstić information content (AvgIpc) is 2.56. The minimum atomic E-state index is 0.0995. The van der Waals surface area contributed by atoms with Crippen LogP contribution in [0.25, 0.3) is 0 Å². The first-order valence-corrected chi connectivity index (χ1v) is 5.68. The topological polar surface area (TPSA) is 41.5 Å². The molecule has 1 amide bonds. The normalized spacial score (nSPS) is 18.2. The molecule has 1 atom stereocenters. The van der Waals surface area contributed by atoms with Crippen LogP contribution >= 0.6 is 11.8 Å². The van der Waals surface area contributed by atoms with Crippen molar-refractivity contribution in [2.75, 3.05) is 12.3 Å². The first-order valence-electron chi connectivity index (χ1n) is 4.69. The van der Waals surface area contributed by atoms with E-state index in [0.717, 1.165) is 23.9 Å². The predicted molar refractivity (Wildman–Crippen MR) is 57.0 cm³/mol. The van der Waals surface area contributed by atoms with Gasteiger partial charge in [0, 0.05) is 12.2 Å². The van der Waals surface area contributed by atoms with Gasteiger partial charge in [-0.25, -0.2) is 0 Å². The number of amidine groups is 1. The molecule has 13 heavy (non-hydrogen) atoms. The maximum Gasteiger partial charge on any atom is 0.226 e. The van der Waals surface area contributed by atoms with Gasteiger partial charge in [0.15, 0.2) is 5.17 Å². The molecule has 0 aromatic carbocycles. The molecule has 0 aromatic heterocycles. The van der Waals surface area contributed by atoms with Crippen molar-refractivity contribution >= 4 is 22.8 Å². The van der Waals surface area contributed by atoms with E-state index in [2.05, 4.69) is 24.2 Å². The third kappa shape index (κ3) is 3.81. The van der Waals surface area contributed by atoms with Crippen molar-refractivity contribution in [2.24, 2.45) is 10.9 Å². The Labute approximate surface area is 83.4 Å². The summed E-state index contributed by atoms with van der Waals surface area (Å²) in [5, 5.41) is 3.62. The summed E-state index contributed by atoms with van der Waals surface area (Å²) in [7, 11) is 0. The van der Waals surface area contributed by atoms with Crippen LogP contribution in [0.3, 0.4) is 0 Å². The van der Waals surface area contributed by atoms with Crippen LogP contribution in [0.15, 0.2) is 4.99 Å². The van der Waals surface area contributed by atoms with Gasteiger partial charge in [-0.3, -0.25) is 9.79 Å². The molecule has 1 rings (SSSR count). The van der Waals surface area contributed by atoms with Crippen molar-refractivity contribution in [3.05, 3.63) is 0 Å². The Balaban J connectivity index is 2.24. The summed E-state index contributed by atoms with van der Waals surface area (Å²) in [6, 6.07) is 0. The Kier molecular flexibility index (Phi) is 4.28. The van der Waals surface area contributed by atoms with Crippen LogP contribution in [0.4, 0.5) is 0 Å². The zero-order valence-corrected chi connectivity index (χ0v) is 8.99. The lowest BCUT2D eigenvalue weighted by Crippen LogP contribution is -2.28. The molecular formula is C9H16N2OS. The minimum absolute atomic E-state index is 0.0995. The summed E-state index contributed by atoms with van der Waals surface area (Å²) in [6.45, 7) is 5.02. The van der Waals surface area contributed by atoms with Gasteiger partial charge in [-0.1, -0.05) is 32.0 Å². The third-order valence-electron chi connectivity index (χ3n) is 2.06. The molecule has 0 aromatic rings. The standard InChI is InChI=1S/C9H16N2OS/c1-3-7(2)6-8(12)11-9-10-4-5-13-9/h7H,3-6H2,1-2H3,(H,10,11,12). The van der Waals surface area contributed by atoms with Crippen LogP contribution in [-0.2, 0) is 4.79 Å². The van der Waals surface area contributed by atoms with Crippen LogP contribution in [0.2, 0.25) is 0 Å². The number of aliphatic imine (C=N–C) groups is 1. The zero-order valence-electron chi connectivity index (χ0n) is 8.17. The van der Waals surface area contributed by atoms with Gasteiger partial charge >= 0.3 is 0 Å². The fourth-order valence-corrected chi connectivity index (χ4v) is 1.79. The highest BCUT2D eigenvalue weighted by molar-refractivity contribution is 8.14. The van der Waals surface area contributed by atoms with E-state index in [1.807, 2.05) is 0 Å². The van der Waals surface area contributed by atoms with Crippen molar-refractivity contribution in [3.8, 4) is 0 Å². The number of rotatable bonds is 3. The second-order valence-corrected chi connectivity index (χ2v) is 4.38. The van der Waals surface area contributed by atoms with Gasteiger partial charge < -0.3 is 5.32 Å². The first-order chi connectivity index (χ1) is 6.22. The second kappa shape index (κ2) is 5.27. The molecule has 0 bridgehead atoms. The van der Waals surface area contributed by atoms with Gasteiger partial charge in [-0.2, -0.15) is 0 Å². The molecule has 1 unspecified atom stereocenters. The van der Waals surface area contributed by atoms with E-state index in [1.54, 1.807) is 11.8 Å². The molecule has 1 N–H and O–H groups in total. The van der Waals surface area contributed by atoms with Crippen molar-refractivity contribution in [1.82, 2.24) is 5.32 Å². The fraction of sp³-hybridized carbons (Fsp3) is 0.778. The van der Waals surface area contributed by atoms with Crippen molar-refractivity contribution < 1.29 is 4.79 Å². The molecule has 0 radical (unpaired) electrons. The molecule has 0 aliphatic carbocycles. The Morgan fingerprint density at radius 3 is 3.08 bits per heavy atom. The van der Waals surface area contributed by atoms with Crippen LogP contribution in [0.5, 0.6) is 0 Å². The summed E-state index contributed by atoms with van der Waals surface area (Å²) in [6.07, 6.45) is 1.66. The first kappa shape index (κ1) is 10.6. The van der Waals surface area contributed by atoms with Gasteiger partial charge in [-0.15, -0.1) is 0 Å². The number of hydrogen-bond acceptors (Lipinski definition) is 3. The Morgan fingerprint density at radius 1 is 1.77 bits per heavy atom. The highest BCUT2D eigenvalue weighted by Crippen LogP contribution is 2.10. The van der Waals surface area contributed by atoms with Gasteiger partial charge in [0.25, 0.3) is 0 Å². The number of carbonyl (C=O) groups is 1. The number of carbonyl (C=O) groups excluding carboxylic acids is 1. The number of hydrogen-bond donors (Lipinski definition) is 1. The van der Waals surface area contributed by atoms with E-state index < -0.39 is 0 Å². The van der Waals surface area contributed by atoms with E-state index in [1.165, 1.54) is 0 Å². The van der Waals surface area contributed by atoms with E-state index in [4.69, 9.17) is 0 Å². The lowest BCUT2D eigenvalue weighted by atomic mass is 10.1. The molecule has 74 valence electrons. The van der Waals surface area contributed by atoms with Crippen molar-refractivity contribution in [2.45, 2.75) is 26.7 Å². The van der Waals surface area contributed by atoms with Gasteiger partial charge in [0.05, 0.1) is 6.54 Å². The molecule has 0 fully saturated rings. The molecule has 1 heterocycles. The van der Waals surface area contributed by atoms with Gasteiger partial charge in [0.1, 0.15) is 0 Å². The number of thioether (sulfide) groups is 1. The smallest absolute Gasteiger partial charge is 0.226 e. The Morgan fingerprint density at radius 2 is 2.54 bits per heavy atom. The van der Waals surface area contributed by atoms with Crippen molar-refractivity contribution in [1.29, 1.82) is 0 Å². The van der Waals surface area contributed by atoms with Crippen LogP contribution in [-0.4, -0.2) is 23.4 Å². The lowest BCUT2D eigenvalue weighted by molar-refractivity contribution is -0.120. The van der Waals surface area contributed by atoms with Crippen LogP contribution in [0, 0.1) is 5.92 Å². The summed E-state index contributed by atoms with van der Waals surface area (Å²) >= 11 is 1.62. The summed E-state index contributed by atoms with van der Waals surface area (Å²) in [5.74, 6) is 1.56. The summed E-state index contributed by atoms with van der Waals surface area (Å²) < 4.78 is 0. The number of amides is 1. The third-order valence-corrected chi connectivity index (χ3v) is 2.95. The maximum absolute atomic E-state index is 11.4. The van der Waals surface area contributed by atoms with Crippen LogP contribution < -0.4 is 5.32 Å². The monoisotopic (exact) mass is 200 g/mol. The molecule has 0 saturated carbocycles. The SMILES string of the molecule is CCC(C)CC(=O)NC1=NCCS1. The molecular weight excluding hydrogens is 184 g/mol. The molecule has 0 saturated heterocycles. The predicted octanol–water partition coefficient (Wildman–Crippen LogP) is 1.64. The highest BCUT2D eigenvalue weighted by atomic mass is 32.2. The van der Waals surface area contributed by atoms with Crippen molar-refractivity contribution in [3.63, 3.8) is 0 Å². The maximum atomic E-state index is 11.4. The van der Waals surface area contributed by atoms with E-state index in [0.29, 0.717) is 12.3 Å². The largest absolute Gasteiger partial charge is 0.305 e. The quantitative estimate of drug-likeness (QED) is 0.752. The molecule has 1 aliphatic heterocycles. The van der Waals surface area contributed by atoms with E-state index >= 15 is 0 Å². The fourth-order valence-electron chi connectivity index (χ4n) is 1.04. The van der Waals surface area contributed by atoms with Gasteiger partial charge in [0.2, 0.25) is 5.91 Å². The molecule has 1 aliphatic rings. The van der Waals surface area contributed by atoms with E-state index in [-0.39, 0.29) is 5.91 Å². The number of nitrogens with zero attached hydrogens (tertiary/aromatic N) is 1. The highest BCUT2D eigenvalue weighted by Gasteiger charge is 2.12. The second-order valence-electron chi connectivity index (χ2n) is 3.30. The van der Waals surface area contributed by atoms with Gasteiger partial charge in [-0.05, 0) is 5.92 Å². The molecule has 0 spiro atoms. The van der Waals surface area contributed by atoms with Crippen LogP contribution in [0.1, 0.15) is 26.7 Å². The summed E-state index contributed by atoms with van der Waals surface area (Å²) in [5.41, 5.74) is 0.